The molecule has 1 aromatic heterocycles. The summed E-state index contributed by atoms with van der Waals surface area (Å²) in [7, 11) is 0. The van der Waals surface area contributed by atoms with E-state index in [-0.39, 0.29) is 23.9 Å². The molecule has 0 fully saturated rings. The van der Waals surface area contributed by atoms with Crippen molar-refractivity contribution in [1.82, 2.24) is 15.3 Å². The summed E-state index contributed by atoms with van der Waals surface area (Å²) < 4.78 is 53.8. The number of benzene rings is 2. The van der Waals surface area contributed by atoms with E-state index in [0.717, 1.165) is 12.1 Å². The first-order valence-electron chi connectivity index (χ1n) is 8.13. The third kappa shape index (κ3) is 4.25. The average molecular weight is 390 g/mol. The lowest BCUT2D eigenvalue weighted by molar-refractivity contribution is 0.0945. The van der Waals surface area contributed by atoms with Gasteiger partial charge in [0, 0.05) is 17.8 Å². The maximum Gasteiger partial charge on any atom is 0.270 e. The molecule has 0 aliphatic rings. The molecule has 3 aromatic rings. The van der Waals surface area contributed by atoms with Crippen LogP contribution in [0, 0.1) is 30.2 Å². The van der Waals surface area contributed by atoms with Crippen molar-refractivity contribution < 1.29 is 22.4 Å². The number of anilines is 2. The number of carbonyl (C=O) groups is 1. The Hall–Kier alpha value is -3.49. The number of amides is 1. The predicted molar refractivity (Wildman–Crippen MR) is 93.9 cm³/mol. The molecular formula is C19H14F4N4O. The first-order valence-corrected chi connectivity index (χ1v) is 8.13. The van der Waals surface area contributed by atoms with Gasteiger partial charge in [0.15, 0.2) is 17.5 Å². The number of nitrogens with zero attached hydrogens (tertiary/aromatic N) is 2. The van der Waals surface area contributed by atoms with Crippen LogP contribution in [0.15, 0.2) is 42.5 Å². The van der Waals surface area contributed by atoms with E-state index >= 15 is 0 Å². The minimum Gasteiger partial charge on any atom is -0.347 e. The summed E-state index contributed by atoms with van der Waals surface area (Å²) in [5.41, 5.74) is 0.219. The number of aryl methyl sites for hydroxylation is 1. The van der Waals surface area contributed by atoms with Gasteiger partial charge in [0.1, 0.15) is 11.5 Å². The Labute approximate surface area is 157 Å². The van der Waals surface area contributed by atoms with Crippen LogP contribution in [0.25, 0.3) is 0 Å². The van der Waals surface area contributed by atoms with Crippen LogP contribution in [-0.2, 0) is 6.54 Å². The predicted octanol–water partition coefficient (Wildman–Crippen LogP) is 4.02. The van der Waals surface area contributed by atoms with Gasteiger partial charge in [-0.05, 0) is 31.2 Å². The normalized spacial score (nSPS) is 10.6. The highest BCUT2D eigenvalue weighted by Crippen LogP contribution is 2.22. The molecule has 0 radical (unpaired) electrons. The fraction of sp³-hybridized carbons (Fsp3) is 0.105. The molecule has 5 nitrogen and oxygen atoms in total. The van der Waals surface area contributed by atoms with E-state index in [4.69, 9.17) is 0 Å². The van der Waals surface area contributed by atoms with Crippen LogP contribution in [0.4, 0.5) is 29.2 Å². The zero-order valence-corrected chi connectivity index (χ0v) is 14.6. The summed E-state index contributed by atoms with van der Waals surface area (Å²) in [5.74, 6) is -5.65. The fourth-order valence-corrected chi connectivity index (χ4v) is 2.39. The lowest BCUT2D eigenvalue weighted by atomic mass is 10.2. The van der Waals surface area contributed by atoms with Crippen LogP contribution in [0.1, 0.15) is 21.7 Å². The van der Waals surface area contributed by atoms with E-state index in [1.165, 1.54) is 24.3 Å². The number of hydrogen-bond acceptors (Lipinski definition) is 4. The summed E-state index contributed by atoms with van der Waals surface area (Å²) in [5, 5.41) is 4.94. The first-order chi connectivity index (χ1) is 13.3. The van der Waals surface area contributed by atoms with Gasteiger partial charge in [0.2, 0.25) is 5.95 Å². The van der Waals surface area contributed by atoms with Crippen molar-refractivity contribution in [3.63, 3.8) is 0 Å². The molecule has 0 aliphatic heterocycles. The van der Waals surface area contributed by atoms with Crippen molar-refractivity contribution in [1.29, 1.82) is 0 Å². The van der Waals surface area contributed by atoms with Crippen LogP contribution in [0.5, 0.6) is 0 Å². The molecule has 144 valence electrons. The summed E-state index contributed by atoms with van der Waals surface area (Å²) in [6, 6.07) is 9.08. The largest absolute Gasteiger partial charge is 0.347 e. The van der Waals surface area contributed by atoms with E-state index in [1.54, 1.807) is 13.0 Å². The molecule has 0 saturated heterocycles. The van der Waals surface area contributed by atoms with Crippen molar-refractivity contribution in [2.24, 2.45) is 0 Å². The molecule has 0 saturated carbocycles. The number of hydrogen-bond donors (Lipinski definition) is 2. The molecule has 2 aromatic carbocycles. The lowest BCUT2D eigenvalue weighted by Crippen LogP contribution is -2.25. The second-order valence-electron chi connectivity index (χ2n) is 5.84. The highest BCUT2D eigenvalue weighted by molar-refractivity contribution is 5.92. The molecule has 1 heterocycles. The molecule has 0 unspecified atom stereocenters. The molecule has 0 spiro atoms. The van der Waals surface area contributed by atoms with Crippen molar-refractivity contribution in [2.45, 2.75) is 13.5 Å². The van der Waals surface area contributed by atoms with Gasteiger partial charge in [-0.25, -0.2) is 27.5 Å². The SMILES string of the molecule is Cc1cc(C(=O)NCc2ccccc2F)nc(Nc2ccc(F)c(F)c2F)n1. The first kappa shape index (κ1) is 19.3. The second-order valence-corrected chi connectivity index (χ2v) is 5.84. The van der Waals surface area contributed by atoms with E-state index in [1.807, 2.05) is 0 Å². The van der Waals surface area contributed by atoms with Gasteiger partial charge >= 0.3 is 0 Å². The van der Waals surface area contributed by atoms with Crippen molar-refractivity contribution in [3.8, 4) is 0 Å². The smallest absolute Gasteiger partial charge is 0.270 e. The molecule has 0 bridgehead atoms. The summed E-state index contributed by atoms with van der Waals surface area (Å²) in [6.45, 7) is 1.51. The van der Waals surface area contributed by atoms with Crippen molar-refractivity contribution in [2.75, 3.05) is 5.32 Å². The Kier molecular flexibility index (Phi) is 5.53. The summed E-state index contributed by atoms with van der Waals surface area (Å²) in [4.78, 5) is 20.3. The van der Waals surface area contributed by atoms with Crippen LogP contribution < -0.4 is 10.6 Å². The Morgan fingerprint density at radius 3 is 2.46 bits per heavy atom. The van der Waals surface area contributed by atoms with E-state index in [0.29, 0.717) is 11.3 Å². The van der Waals surface area contributed by atoms with Gasteiger partial charge in [-0.1, -0.05) is 18.2 Å². The van der Waals surface area contributed by atoms with E-state index < -0.39 is 29.2 Å². The van der Waals surface area contributed by atoms with Crippen molar-refractivity contribution in [3.05, 3.63) is 82.7 Å². The minimum atomic E-state index is -1.64. The van der Waals surface area contributed by atoms with Crippen LogP contribution >= 0.6 is 0 Å². The third-order valence-corrected chi connectivity index (χ3v) is 3.77. The molecule has 28 heavy (non-hydrogen) atoms. The topological polar surface area (TPSA) is 66.9 Å². The Morgan fingerprint density at radius 2 is 1.71 bits per heavy atom. The minimum absolute atomic E-state index is 0.0604. The summed E-state index contributed by atoms with van der Waals surface area (Å²) >= 11 is 0. The van der Waals surface area contributed by atoms with E-state index in [2.05, 4.69) is 20.6 Å². The molecule has 2 N–H and O–H groups in total. The van der Waals surface area contributed by atoms with Gasteiger partial charge < -0.3 is 10.6 Å². The maximum absolute atomic E-state index is 13.8. The second kappa shape index (κ2) is 8.03. The number of nitrogens with one attached hydrogen (secondary N) is 2. The third-order valence-electron chi connectivity index (χ3n) is 3.77. The average Bonchev–Trinajstić information content (AvgIpc) is 2.67. The molecular weight excluding hydrogens is 376 g/mol. The Morgan fingerprint density at radius 1 is 0.964 bits per heavy atom. The van der Waals surface area contributed by atoms with Gasteiger partial charge in [0.25, 0.3) is 5.91 Å². The van der Waals surface area contributed by atoms with Crippen LogP contribution in [0.3, 0.4) is 0 Å². The monoisotopic (exact) mass is 390 g/mol. The highest BCUT2D eigenvalue weighted by atomic mass is 19.2. The number of halogens is 4. The molecule has 0 aliphatic carbocycles. The standard InChI is InChI=1S/C19H14F4N4O/c1-10-8-15(18(28)24-9-11-4-2-3-5-12(11)20)27-19(25-10)26-14-7-6-13(21)16(22)17(14)23/h2-8H,9H2,1H3,(H,24,28)(H,25,26,27). The highest BCUT2D eigenvalue weighted by Gasteiger charge is 2.16. The quantitative estimate of drug-likeness (QED) is 0.510. The van der Waals surface area contributed by atoms with Gasteiger partial charge in [0.05, 0.1) is 5.69 Å². The fourth-order valence-electron chi connectivity index (χ4n) is 2.39. The van der Waals surface area contributed by atoms with Gasteiger partial charge in [-0.3, -0.25) is 4.79 Å². The van der Waals surface area contributed by atoms with Gasteiger partial charge in [-0.2, -0.15) is 0 Å². The van der Waals surface area contributed by atoms with Crippen LogP contribution in [-0.4, -0.2) is 15.9 Å². The number of aromatic nitrogens is 2. The Bertz CT molecular complexity index is 1040. The molecule has 1 amide bonds. The van der Waals surface area contributed by atoms with E-state index in [9.17, 15) is 22.4 Å². The zero-order valence-electron chi connectivity index (χ0n) is 14.6. The number of carbonyl (C=O) groups excluding carboxylic acids is 1. The number of rotatable bonds is 5. The lowest BCUT2D eigenvalue weighted by Gasteiger charge is -2.10. The van der Waals surface area contributed by atoms with Gasteiger partial charge in [-0.15, -0.1) is 0 Å². The molecule has 9 heteroatoms. The maximum atomic E-state index is 13.8. The Balaban J connectivity index is 1.78. The molecule has 3 rings (SSSR count). The summed E-state index contributed by atoms with van der Waals surface area (Å²) in [6.07, 6.45) is 0. The zero-order chi connectivity index (χ0) is 20.3. The molecule has 0 atom stereocenters. The van der Waals surface area contributed by atoms with Crippen LogP contribution in [0.2, 0.25) is 0 Å². The van der Waals surface area contributed by atoms with Crippen molar-refractivity contribution >= 4 is 17.5 Å².